The van der Waals surface area contributed by atoms with Crippen molar-refractivity contribution in [3.63, 3.8) is 0 Å². The molecule has 6 nitrogen and oxygen atoms in total. The molecular weight excluding hydrogens is 362 g/mol. The van der Waals surface area contributed by atoms with E-state index in [1.54, 1.807) is 26.1 Å². The molecule has 0 spiro atoms. The van der Waals surface area contributed by atoms with E-state index < -0.39 is 5.54 Å². The van der Waals surface area contributed by atoms with Gasteiger partial charge in [0.15, 0.2) is 0 Å². The number of carbonyl (C=O) groups excluding carboxylic acids is 2. The van der Waals surface area contributed by atoms with Crippen molar-refractivity contribution in [2.45, 2.75) is 18.4 Å². The summed E-state index contributed by atoms with van der Waals surface area (Å²) < 4.78 is 5.29. The average Bonchev–Trinajstić information content (AvgIpc) is 3.22. The van der Waals surface area contributed by atoms with Crippen LogP contribution < -0.4 is 10.1 Å². The number of benzene rings is 1. The lowest BCUT2D eigenvalue weighted by molar-refractivity contribution is -0.135. The van der Waals surface area contributed by atoms with Crippen LogP contribution in [0.4, 0.5) is 5.69 Å². The summed E-state index contributed by atoms with van der Waals surface area (Å²) in [6.45, 7) is 1.07. The van der Waals surface area contributed by atoms with Gasteiger partial charge < -0.3 is 19.9 Å². The van der Waals surface area contributed by atoms with E-state index in [4.69, 9.17) is 4.74 Å². The summed E-state index contributed by atoms with van der Waals surface area (Å²) in [5, 5.41) is 5.34. The lowest BCUT2D eigenvalue weighted by atomic mass is 9.85. The van der Waals surface area contributed by atoms with Crippen LogP contribution in [0.2, 0.25) is 0 Å². The summed E-state index contributed by atoms with van der Waals surface area (Å²) in [7, 11) is 5.15. The molecule has 1 aromatic carbocycles. The molecule has 1 aliphatic heterocycles. The van der Waals surface area contributed by atoms with Gasteiger partial charge in [-0.3, -0.25) is 9.59 Å². The zero-order chi connectivity index (χ0) is 19.4. The highest BCUT2D eigenvalue weighted by Crippen LogP contribution is 2.31. The van der Waals surface area contributed by atoms with Crippen LogP contribution in [0.15, 0.2) is 41.8 Å². The third-order valence-electron chi connectivity index (χ3n) is 4.91. The van der Waals surface area contributed by atoms with E-state index in [0.717, 1.165) is 16.3 Å². The van der Waals surface area contributed by atoms with Crippen molar-refractivity contribution in [2.24, 2.45) is 0 Å². The standard InChI is InChI=1S/C20H25N3O3S/c1-22(2)19(25)20(21-15-6-4-7-16(14-15)26-3)9-11-23(12-10-20)18(24)17-8-5-13-27-17/h4-8,13-14,21H,9-12H2,1-3H3. The number of hydrogen-bond donors (Lipinski definition) is 1. The maximum Gasteiger partial charge on any atom is 0.263 e. The number of thiophene rings is 1. The molecule has 1 aliphatic rings. The second-order valence-corrected chi connectivity index (χ2v) is 7.86. The number of rotatable bonds is 5. The number of carbonyl (C=O) groups is 2. The maximum atomic E-state index is 13.0. The van der Waals surface area contributed by atoms with Gasteiger partial charge in [-0.05, 0) is 36.4 Å². The number of likely N-dealkylation sites (N-methyl/N-ethyl adjacent to an activating group) is 1. The van der Waals surface area contributed by atoms with Gasteiger partial charge in [-0.1, -0.05) is 12.1 Å². The third-order valence-corrected chi connectivity index (χ3v) is 5.76. The fourth-order valence-corrected chi connectivity index (χ4v) is 4.14. The summed E-state index contributed by atoms with van der Waals surface area (Å²) in [6, 6.07) is 11.3. The van der Waals surface area contributed by atoms with Crippen LogP contribution in [0, 0.1) is 0 Å². The van der Waals surface area contributed by atoms with Crippen LogP contribution in [0.5, 0.6) is 5.75 Å². The van der Waals surface area contributed by atoms with Gasteiger partial charge in [0.2, 0.25) is 5.91 Å². The number of ether oxygens (including phenoxy) is 1. The van der Waals surface area contributed by atoms with Gasteiger partial charge in [0.1, 0.15) is 11.3 Å². The van der Waals surface area contributed by atoms with Crippen molar-refractivity contribution in [1.82, 2.24) is 9.80 Å². The number of piperidine rings is 1. The number of nitrogens with one attached hydrogen (secondary N) is 1. The molecule has 0 aliphatic carbocycles. The Bertz CT molecular complexity index is 797. The van der Waals surface area contributed by atoms with Crippen LogP contribution in [-0.2, 0) is 4.79 Å². The average molecular weight is 388 g/mol. The second-order valence-electron chi connectivity index (χ2n) is 6.91. The first-order valence-corrected chi connectivity index (χ1v) is 9.80. The molecule has 3 rings (SSSR count). The van der Waals surface area contributed by atoms with Gasteiger partial charge in [0.05, 0.1) is 12.0 Å². The van der Waals surface area contributed by atoms with Crippen molar-refractivity contribution in [3.8, 4) is 5.75 Å². The van der Waals surface area contributed by atoms with Crippen LogP contribution in [-0.4, -0.2) is 61.4 Å². The summed E-state index contributed by atoms with van der Waals surface area (Å²) in [6.07, 6.45) is 1.11. The first-order valence-electron chi connectivity index (χ1n) is 8.92. The molecule has 2 heterocycles. The Kier molecular flexibility index (Phi) is 5.70. The van der Waals surface area contributed by atoms with Gasteiger partial charge in [-0.25, -0.2) is 0 Å². The molecule has 0 radical (unpaired) electrons. The Morgan fingerprint density at radius 2 is 1.93 bits per heavy atom. The molecule has 0 atom stereocenters. The Morgan fingerprint density at radius 1 is 1.19 bits per heavy atom. The molecule has 144 valence electrons. The second kappa shape index (κ2) is 8.00. The van der Waals surface area contributed by atoms with E-state index in [1.165, 1.54) is 11.3 Å². The molecule has 2 aromatic rings. The fourth-order valence-electron chi connectivity index (χ4n) is 3.45. The molecule has 27 heavy (non-hydrogen) atoms. The van der Waals surface area contributed by atoms with Crippen molar-refractivity contribution >= 4 is 28.8 Å². The van der Waals surface area contributed by atoms with E-state index in [1.807, 2.05) is 46.7 Å². The largest absolute Gasteiger partial charge is 0.497 e. The molecule has 1 N–H and O–H groups in total. The molecule has 7 heteroatoms. The fraction of sp³-hybridized carbons (Fsp3) is 0.400. The smallest absolute Gasteiger partial charge is 0.263 e. The Morgan fingerprint density at radius 3 is 2.52 bits per heavy atom. The summed E-state index contributed by atoms with van der Waals surface area (Å²) in [5.74, 6) is 0.795. The minimum Gasteiger partial charge on any atom is -0.497 e. The van der Waals surface area contributed by atoms with Gasteiger partial charge in [0, 0.05) is 38.9 Å². The van der Waals surface area contributed by atoms with Crippen molar-refractivity contribution in [1.29, 1.82) is 0 Å². The van der Waals surface area contributed by atoms with Gasteiger partial charge in [0.25, 0.3) is 5.91 Å². The molecule has 1 aromatic heterocycles. The molecule has 0 saturated carbocycles. The molecule has 0 bridgehead atoms. The molecule has 1 fully saturated rings. The van der Waals surface area contributed by atoms with Gasteiger partial charge in [-0.2, -0.15) is 0 Å². The zero-order valence-electron chi connectivity index (χ0n) is 15.9. The monoisotopic (exact) mass is 387 g/mol. The predicted octanol–water partition coefficient (Wildman–Crippen LogP) is 2.93. The molecule has 2 amide bonds. The Balaban J connectivity index is 1.79. The van der Waals surface area contributed by atoms with Crippen molar-refractivity contribution < 1.29 is 14.3 Å². The number of amides is 2. The van der Waals surface area contributed by atoms with Crippen LogP contribution >= 0.6 is 11.3 Å². The van der Waals surface area contributed by atoms with E-state index in [-0.39, 0.29) is 11.8 Å². The molecule has 0 unspecified atom stereocenters. The number of hydrogen-bond acceptors (Lipinski definition) is 5. The van der Waals surface area contributed by atoms with E-state index in [2.05, 4.69) is 5.32 Å². The topological polar surface area (TPSA) is 61.9 Å². The Hall–Kier alpha value is -2.54. The summed E-state index contributed by atoms with van der Waals surface area (Å²) in [5.41, 5.74) is 0.102. The van der Waals surface area contributed by atoms with Crippen molar-refractivity contribution in [3.05, 3.63) is 46.7 Å². The van der Waals surface area contributed by atoms with Crippen molar-refractivity contribution in [2.75, 3.05) is 39.6 Å². The minimum atomic E-state index is -0.734. The quantitative estimate of drug-likeness (QED) is 0.857. The lowest BCUT2D eigenvalue weighted by Gasteiger charge is -2.42. The van der Waals surface area contributed by atoms with E-state index in [0.29, 0.717) is 25.9 Å². The normalized spacial score (nSPS) is 15.9. The van der Waals surface area contributed by atoms with Gasteiger partial charge in [-0.15, -0.1) is 11.3 Å². The third kappa shape index (κ3) is 4.08. The minimum absolute atomic E-state index is 0.0218. The highest BCUT2D eigenvalue weighted by molar-refractivity contribution is 7.12. The zero-order valence-corrected chi connectivity index (χ0v) is 16.7. The van der Waals surface area contributed by atoms with E-state index >= 15 is 0 Å². The summed E-state index contributed by atoms with van der Waals surface area (Å²) >= 11 is 1.45. The lowest BCUT2D eigenvalue weighted by Crippen LogP contribution is -2.58. The molecular formula is C20H25N3O3S. The number of anilines is 1. The van der Waals surface area contributed by atoms with E-state index in [9.17, 15) is 9.59 Å². The number of nitrogens with zero attached hydrogens (tertiary/aromatic N) is 2. The SMILES string of the molecule is COc1cccc(NC2(C(=O)N(C)C)CCN(C(=O)c3cccs3)CC2)c1. The number of methoxy groups -OCH3 is 1. The number of likely N-dealkylation sites (tertiary alicyclic amines) is 1. The van der Waals surface area contributed by atoms with Crippen LogP contribution in [0.1, 0.15) is 22.5 Å². The van der Waals surface area contributed by atoms with Crippen LogP contribution in [0.3, 0.4) is 0 Å². The highest BCUT2D eigenvalue weighted by Gasteiger charge is 2.43. The Labute approximate surface area is 163 Å². The van der Waals surface area contributed by atoms with Crippen LogP contribution in [0.25, 0.3) is 0 Å². The summed E-state index contributed by atoms with van der Waals surface area (Å²) in [4.78, 5) is 29.8. The first-order chi connectivity index (χ1) is 12.9. The predicted molar refractivity (Wildman–Crippen MR) is 107 cm³/mol. The maximum absolute atomic E-state index is 13.0. The first kappa shape index (κ1) is 19.2. The van der Waals surface area contributed by atoms with Gasteiger partial charge >= 0.3 is 0 Å². The highest BCUT2D eigenvalue weighted by atomic mass is 32.1. The molecule has 1 saturated heterocycles.